The van der Waals surface area contributed by atoms with Gasteiger partial charge in [-0.2, -0.15) is 4.39 Å². The minimum atomic E-state index is -1.06. The van der Waals surface area contributed by atoms with Crippen molar-refractivity contribution in [2.45, 2.75) is 6.61 Å². The number of rotatable bonds is 6. The average molecular weight is 334 g/mol. The molecule has 5 nitrogen and oxygen atoms in total. The summed E-state index contributed by atoms with van der Waals surface area (Å²) in [6.45, 7) is -0.0731. The molecule has 0 aromatic heterocycles. The molecule has 0 aliphatic carbocycles. The maximum absolute atomic E-state index is 13.7. The zero-order valence-corrected chi connectivity index (χ0v) is 13.2. The highest BCUT2D eigenvalue weighted by atomic mass is 19.2. The molecule has 0 spiro atoms. The first-order valence-corrected chi connectivity index (χ1v) is 7.06. The van der Waals surface area contributed by atoms with E-state index in [0.717, 1.165) is 6.07 Å². The number of nitrogens with one attached hydrogen (secondary N) is 1. The largest absolute Gasteiger partial charge is 0.486 e. The summed E-state index contributed by atoms with van der Waals surface area (Å²) in [7, 11) is 2.79. The van der Waals surface area contributed by atoms with Crippen LogP contribution >= 0.6 is 0 Å². The second-order valence-electron chi connectivity index (χ2n) is 4.70. The van der Waals surface area contributed by atoms with Crippen molar-refractivity contribution in [2.24, 2.45) is 5.16 Å². The van der Waals surface area contributed by atoms with Gasteiger partial charge in [0.2, 0.25) is 5.82 Å². The van der Waals surface area contributed by atoms with Gasteiger partial charge in [0.15, 0.2) is 17.3 Å². The van der Waals surface area contributed by atoms with Gasteiger partial charge in [0.25, 0.3) is 5.91 Å². The molecule has 0 bridgehead atoms. The van der Waals surface area contributed by atoms with Crippen LogP contribution in [0.1, 0.15) is 11.1 Å². The molecule has 1 N–H and O–H groups in total. The van der Waals surface area contributed by atoms with E-state index in [2.05, 4.69) is 10.5 Å². The number of likely N-dealkylation sites (N-methyl/N-ethyl adjacent to an activating group) is 1. The highest BCUT2D eigenvalue weighted by Gasteiger charge is 2.18. The van der Waals surface area contributed by atoms with Crippen molar-refractivity contribution in [3.63, 3.8) is 0 Å². The number of nitrogens with zero attached hydrogens (tertiary/aromatic N) is 1. The average Bonchev–Trinajstić information content (AvgIpc) is 2.60. The van der Waals surface area contributed by atoms with Gasteiger partial charge in [0, 0.05) is 12.6 Å². The number of hydrogen-bond donors (Lipinski definition) is 1. The third-order valence-electron chi connectivity index (χ3n) is 3.20. The first-order chi connectivity index (χ1) is 11.6. The van der Waals surface area contributed by atoms with Crippen molar-refractivity contribution < 1.29 is 23.1 Å². The first-order valence-electron chi connectivity index (χ1n) is 7.06. The number of hydrogen-bond acceptors (Lipinski definition) is 4. The minimum absolute atomic E-state index is 0.0546. The van der Waals surface area contributed by atoms with Crippen LogP contribution in [0, 0.1) is 11.6 Å². The Morgan fingerprint density at radius 1 is 1.17 bits per heavy atom. The molecule has 24 heavy (non-hydrogen) atoms. The van der Waals surface area contributed by atoms with Crippen molar-refractivity contribution in [1.82, 2.24) is 5.32 Å². The lowest BCUT2D eigenvalue weighted by Crippen LogP contribution is -2.29. The van der Waals surface area contributed by atoms with Crippen LogP contribution in [0.2, 0.25) is 0 Å². The lowest BCUT2D eigenvalue weighted by atomic mass is 10.0. The van der Waals surface area contributed by atoms with Crippen molar-refractivity contribution in [3.8, 4) is 5.75 Å². The molecule has 0 unspecified atom stereocenters. The maximum atomic E-state index is 13.7. The summed E-state index contributed by atoms with van der Waals surface area (Å²) < 4.78 is 32.2. The normalized spacial score (nSPS) is 11.1. The Morgan fingerprint density at radius 2 is 1.92 bits per heavy atom. The maximum Gasteiger partial charge on any atom is 0.273 e. The highest BCUT2D eigenvalue weighted by Crippen LogP contribution is 2.21. The molecule has 126 valence electrons. The Hall–Kier alpha value is -2.96. The van der Waals surface area contributed by atoms with Crippen molar-refractivity contribution >= 4 is 11.6 Å². The van der Waals surface area contributed by atoms with Gasteiger partial charge in [0.1, 0.15) is 13.7 Å². The number of amides is 1. The monoisotopic (exact) mass is 334 g/mol. The predicted octanol–water partition coefficient (Wildman–Crippen LogP) is 2.64. The lowest BCUT2D eigenvalue weighted by molar-refractivity contribution is -0.114. The van der Waals surface area contributed by atoms with Gasteiger partial charge in [-0.25, -0.2) is 4.39 Å². The van der Waals surface area contributed by atoms with Crippen molar-refractivity contribution in [2.75, 3.05) is 14.2 Å². The van der Waals surface area contributed by atoms with Crippen molar-refractivity contribution in [1.29, 1.82) is 0 Å². The summed E-state index contributed by atoms with van der Waals surface area (Å²) in [6.07, 6.45) is 0. The molecular weight excluding hydrogens is 318 g/mol. The Labute approximate surface area is 137 Å². The smallest absolute Gasteiger partial charge is 0.273 e. The fourth-order valence-electron chi connectivity index (χ4n) is 2.05. The van der Waals surface area contributed by atoms with E-state index in [0.29, 0.717) is 11.1 Å². The quantitative estimate of drug-likeness (QED) is 0.653. The molecule has 0 fully saturated rings. The van der Waals surface area contributed by atoms with E-state index in [1.165, 1.54) is 26.3 Å². The number of benzene rings is 2. The summed E-state index contributed by atoms with van der Waals surface area (Å²) >= 11 is 0. The van der Waals surface area contributed by atoms with Gasteiger partial charge in [-0.1, -0.05) is 35.5 Å². The highest BCUT2D eigenvalue weighted by molar-refractivity contribution is 6.45. The van der Waals surface area contributed by atoms with Crippen LogP contribution in [-0.2, 0) is 16.2 Å². The summed E-state index contributed by atoms with van der Waals surface area (Å²) in [5.74, 6) is -2.71. The SMILES string of the molecule is CNC(=O)/C(=N\OC)c1ccccc1COc1cccc(F)c1F. The fraction of sp³-hybridized carbons (Fsp3) is 0.176. The van der Waals surface area contributed by atoms with Gasteiger partial charge in [-0.3, -0.25) is 4.79 Å². The Bertz CT molecular complexity index is 763. The van der Waals surface area contributed by atoms with Gasteiger partial charge in [-0.15, -0.1) is 0 Å². The molecule has 0 radical (unpaired) electrons. The topological polar surface area (TPSA) is 59.9 Å². The molecule has 0 saturated carbocycles. The van der Waals surface area contributed by atoms with Crippen LogP contribution < -0.4 is 10.1 Å². The number of halogens is 2. The van der Waals surface area contributed by atoms with Crippen LogP contribution in [0.5, 0.6) is 5.75 Å². The first kappa shape index (κ1) is 17.4. The van der Waals surface area contributed by atoms with Gasteiger partial charge in [0.05, 0.1) is 0 Å². The lowest BCUT2D eigenvalue weighted by Gasteiger charge is -2.12. The Morgan fingerprint density at radius 3 is 2.62 bits per heavy atom. The van der Waals surface area contributed by atoms with Crippen molar-refractivity contribution in [3.05, 3.63) is 65.2 Å². The van der Waals surface area contributed by atoms with E-state index in [4.69, 9.17) is 9.57 Å². The van der Waals surface area contributed by atoms with Crippen LogP contribution in [0.15, 0.2) is 47.6 Å². The number of carbonyl (C=O) groups is 1. The molecular formula is C17H16F2N2O3. The molecule has 7 heteroatoms. The molecule has 2 aromatic rings. The zero-order valence-electron chi connectivity index (χ0n) is 13.2. The molecule has 2 aromatic carbocycles. The molecule has 0 saturated heterocycles. The van der Waals surface area contributed by atoms with Crippen LogP contribution in [0.25, 0.3) is 0 Å². The van der Waals surface area contributed by atoms with E-state index >= 15 is 0 Å². The van der Waals surface area contributed by atoms with E-state index in [1.807, 2.05) is 0 Å². The van der Waals surface area contributed by atoms with E-state index < -0.39 is 17.5 Å². The van der Waals surface area contributed by atoms with E-state index in [-0.39, 0.29) is 18.1 Å². The summed E-state index contributed by atoms with van der Waals surface area (Å²) in [4.78, 5) is 16.7. The third kappa shape index (κ3) is 3.87. The van der Waals surface area contributed by atoms with E-state index in [1.54, 1.807) is 24.3 Å². The summed E-state index contributed by atoms with van der Waals surface area (Å²) in [5.41, 5.74) is 1.09. The summed E-state index contributed by atoms with van der Waals surface area (Å²) in [6, 6.07) is 10.5. The van der Waals surface area contributed by atoms with Gasteiger partial charge >= 0.3 is 0 Å². The molecule has 1 amide bonds. The summed E-state index contributed by atoms with van der Waals surface area (Å²) in [5, 5.41) is 6.19. The second-order valence-corrected chi connectivity index (χ2v) is 4.70. The fourth-order valence-corrected chi connectivity index (χ4v) is 2.05. The Balaban J connectivity index is 2.30. The Kier molecular flexibility index (Phi) is 5.83. The number of carbonyl (C=O) groups excluding carboxylic acids is 1. The van der Waals surface area contributed by atoms with Crippen LogP contribution in [-0.4, -0.2) is 25.8 Å². The van der Waals surface area contributed by atoms with Gasteiger partial charge in [-0.05, 0) is 17.7 Å². The third-order valence-corrected chi connectivity index (χ3v) is 3.20. The number of ether oxygens (including phenoxy) is 1. The predicted molar refractivity (Wildman–Crippen MR) is 84.7 cm³/mol. The minimum Gasteiger partial charge on any atom is -0.486 e. The molecule has 0 heterocycles. The standard InChI is InChI=1S/C17H16F2N2O3/c1-20-17(22)16(21-23-2)12-7-4-3-6-11(12)10-24-14-9-5-8-13(18)15(14)19/h3-9H,10H2,1-2H3,(H,20,22)/b21-16-. The molecule has 0 aliphatic rings. The van der Waals surface area contributed by atoms with Crippen LogP contribution in [0.4, 0.5) is 8.78 Å². The number of oxime groups is 1. The molecule has 0 aliphatic heterocycles. The zero-order chi connectivity index (χ0) is 17.5. The molecule has 0 atom stereocenters. The molecule has 2 rings (SSSR count). The van der Waals surface area contributed by atoms with Gasteiger partial charge < -0.3 is 14.9 Å². The van der Waals surface area contributed by atoms with E-state index in [9.17, 15) is 13.6 Å². The second kappa shape index (κ2) is 8.05. The van der Waals surface area contributed by atoms with Crippen LogP contribution in [0.3, 0.4) is 0 Å².